The lowest BCUT2D eigenvalue weighted by Gasteiger charge is -2.50. The van der Waals surface area contributed by atoms with E-state index >= 15 is 0 Å². The molecule has 0 radical (unpaired) electrons. The molecule has 1 aromatic heterocycles. The minimum atomic E-state index is -0.490. The molecule has 5 heteroatoms. The largest absolute Gasteiger partial charge is 0.208 e. The number of rotatable bonds is 5. The van der Waals surface area contributed by atoms with Gasteiger partial charge < -0.3 is 0 Å². The van der Waals surface area contributed by atoms with Gasteiger partial charge >= 0.3 is 0 Å². The Kier molecular flexibility index (Phi) is 8.66. The van der Waals surface area contributed by atoms with Crippen LogP contribution in [0.1, 0.15) is 52.8 Å². The molecule has 0 unspecified atom stereocenters. The average molecular weight is 799 g/mol. The molecule has 0 saturated heterocycles. The first-order chi connectivity index (χ1) is 29.9. The highest BCUT2D eigenvalue weighted by Gasteiger charge is 2.52. The molecule has 8 aromatic carbocycles. The molecule has 288 valence electrons. The topological polar surface area (TPSA) is 62.5 Å². The van der Waals surface area contributed by atoms with E-state index in [1.807, 2.05) is 78.5 Å². The first kappa shape index (κ1) is 36.7. The van der Waals surface area contributed by atoms with Crippen LogP contribution in [0.15, 0.2) is 204 Å². The molecule has 0 atom stereocenters. The highest BCUT2D eigenvalue weighted by molar-refractivity contribution is 7.99. The molecule has 11 rings (SSSR count). The Hall–Kier alpha value is -7.39. The standard InChI is InChI=1S/C56H38N4S/c1-55(2)44-24-8-10-26-46(44)56(47-27-11-9-25-45(47)55)48-28-12-13-29-50(48)61-51-34-40(30-31-49(51)56)42-22-6-7-23-43(42)54-59-52(37-17-4-3-5-18-37)58-53(60-54)41-21-15-20-39(33-41)38-19-14-16-36(32-38)35-57/h3-34H,1-2H3. The quantitative estimate of drug-likeness (QED) is 0.174. The fourth-order valence-corrected chi connectivity index (χ4v) is 10.9. The zero-order valence-corrected chi connectivity index (χ0v) is 34.5. The third-order valence-corrected chi connectivity index (χ3v) is 13.6. The Morgan fingerprint density at radius 2 is 0.918 bits per heavy atom. The molecule has 0 fully saturated rings. The van der Waals surface area contributed by atoms with Gasteiger partial charge in [-0.05, 0) is 86.0 Å². The smallest absolute Gasteiger partial charge is 0.164 e. The molecule has 4 nitrogen and oxygen atoms in total. The molecule has 0 amide bonds. The van der Waals surface area contributed by atoms with Gasteiger partial charge in [0.2, 0.25) is 0 Å². The van der Waals surface area contributed by atoms with E-state index in [-0.39, 0.29) is 5.41 Å². The van der Waals surface area contributed by atoms with Gasteiger partial charge in [-0.15, -0.1) is 0 Å². The fraction of sp³-hybridized carbons (Fsp3) is 0.0714. The lowest BCUT2D eigenvalue weighted by atomic mass is 9.54. The molecule has 0 saturated carbocycles. The van der Waals surface area contributed by atoms with Crippen LogP contribution in [0.3, 0.4) is 0 Å². The van der Waals surface area contributed by atoms with Crippen molar-refractivity contribution in [3.05, 3.63) is 233 Å². The van der Waals surface area contributed by atoms with E-state index in [4.69, 9.17) is 15.0 Å². The minimum Gasteiger partial charge on any atom is -0.208 e. The summed E-state index contributed by atoms with van der Waals surface area (Å²) in [6.07, 6.45) is 0. The molecule has 2 heterocycles. The van der Waals surface area contributed by atoms with Crippen LogP contribution in [-0.4, -0.2) is 15.0 Å². The maximum Gasteiger partial charge on any atom is 0.164 e. The van der Waals surface area contributed by atoms with E-state index < -0.39 is 5.41 Å². The van der Waals surface area contributed by atoms with Crippen LogP contribution in [-0.2, 0) is 10.8 Å². The van der Waals surface area contributed by atoms with Crippen molar-refractivity contribution in [2.24, 2.45) is 0 Å². The van der Waals surface area contributed by atoms with Crippen molar-refractivity contribution in [2.45, 2.75) is 34.5 Å². The van der Waals surface area contributed by atoms with Crippen LogP contribution in [0.5, 0.6) is 0 Å². The SMILES string of the molecule is CC1(C)c2ccccc2C2(c3ccccc3Sc3cc(-c4ccccc4-c4nc(-c5ccccc5)nc(-c5cccc(-c6cccc(C#N)c6)c5)n4)ccc32)c2ccccc21. The maximum absolute atomic E-state index is 9.59. The van der Waals surface area contributed by atoms with Crippen molar-refractivity contribution >= 4 is 11.8 Å². The number of hydrogen-bond acceptors (Lipinski definition) is 5. The summed E-state index contributed by atoms with van der Waals surface area (Å²) in [6.45, 7) is 4.73. The summed E-state index contributed by atoms with van der Waals surface area (Å²) in [4.78, 5) is 18.0. The van der Waals surface area contributed by atoms with Gasteiger partial charge in [0.25, 0.3) is 0 Å². The van der Waals surface area contributed by atoms with Crippen molar-refractivity contribution in [3.63, 3.8) is 0 Å². The predicted molar refractivity (Wildman–Crippen MR) is 246 cm³/mol. The van der Waals surface area contributed by atoms with E-state index in [1.54, 1.807) is 0 Å². The second kappa shape index (κ2) is 14.4. The average Bonchev–Trinajstić information content (AvgIpc) is 3.33. The third-order valence-electron chi connectivity index (χ3n) is 12.5. The number of benzene rings is 8. The minimum absolute atomic E-state index is 0.164. The molecule has 0 bridgehead atoms. The van der Waals surface area contributed by atoms with Crippen LogP contribution in [0, 0.1) is 11.3 Å². The second-order valence-corrected chi connectivity index (χ2v) is 17.4. The van der Waals surface area contributed by atoms with Crippen LogP contribution in [0.4, 0.5) is 0 Å². The highest BCUT2D eigenvalue weighted by Crippen LogP contribution is 2.61. The maximum atomic E-state index is 9.59. The Morgan fingerprint density at radius 1 is 0.393 bits per heavy atom. The van der Waals surface area contributed by atoms with E-state index in [0.717, 1.165) is 38.9 Å². The van der Waals surface area contributed by atoms with Gasteiger partial charge in [-0.25, -0.2) is 15.0 Å². The Labute approximate surface area is 360 Å². The van der Waals surface area contributed by atoms with Crippen molar-refractivity contribution < 1.29 is 0 Å². The van der Waals surface area contributed by atoms with Crippen molar-refractivity contribution in [2.75, 3.05) is 0 Å². The van der Waals surface area contributed by atoms with Gasteiger partial charge in [0.05, 0.1) is 17.0 Å². The van der Waals surface area contributed by atoms with Crippen molar-refractivity contribution in [3.8, 4) is 62.5 Å². The van der Waals surface area contributed by atoms with Gasteiger partial charge in [-0.2, -0.15) is 5.26 Å². The predicted octanol–water partition coefficient (Wildman–Crippen LogP) is 13.6. The molecule has 9 aromatic rings. The molecular formula is C56H38N4S. The summed E-state index contributed by atoms with van der Waals surface area (Å²) in [7, 11) is 0. The number of nitriles is 1. The van der Waals surface area contributed by atoms with Crippen LogP contribution in [0.25, 0.3) is 56.4 Å². The van der Waals surface area contributed by atoms with Gasteiger partial charge in [-0.3, -0.25) is 0 Å². The Morgan fingerprint density at radius 3 is 1.64 bits per heavy atom. The normalized spacial score (nSPS) is 13.9. The summed E-state index contributed by atoms with van der Waals surface area (Å²) in [5, 5.41) is 9.59. The molecule has 61 heavy (non-hydrogen) atoms. The summed E-state index contributed by atoms with van der Waals surface area (Å²) in [6, 6.07) is 70.8. The van der Waals surface area contributed by atoms with Crippen LogP contribution >= 0.6 is 11.8 Å². The van der Waals surface area contributed by atoms with Gasteiger partial charge in [0.15, 0.2) is 17.5 Å². The highest BCUT2D eigenvalue weighted by atomic mass is 32.2. The van der Waals surface area contributed by atoms with E-state index in [2.05, 4.69) is 147 Å². The molecule has 1 aliphatic carbocycles. The fourth-order valence-electron chi connectivity index (χ4n) is 9.67. The Bertz CT molecular complexity index is 3180. The number of fused-ring (bicyclic) bond motifs is 8. The Balaban J connectivity index is 1.09. The van der Waals surface area contributed by atoms with E-state index in [1.165, 1.54) is 43.2 Å². The van der Waals surface area contributed by atoms with Gasteiger partial charge in [0, 0.05) is 31.9 Å². The van der Waals surface area contributed by atoms with Crippen molar-refractivity contribution in [1.29, 1.82) is 5.26 Å². The van der Waals surface area contributed by atoms with Crippen molar-refractivity contribution in [1.82, 2.24) is 15.0 Å². The summed E-state index contributed by atoms with van der Waals surface area (Å²) in [5.74, 6) is 1.78. The third kappa shape index (κ3) is 5.86. The number of aromatic nitrogens is 3. The zero-order chi connectivity index (χ0) is 41.1. The molecule has 2 aliphatic rings. The summed E-state index contributed by atoms with van der Waals surface area (Å²) < 4.78 is 0. The van der Waals surface area contributed by atoms with E-state index in [9.17, 15) is 5.26 Å². The molecule has 1 spiro atoms. The van der Waals surface area contributed by atoms with Crippen LogP contribution < -0.4 is 0 Å². The summed E-state index contributed by atoms with van der Waals surface area (Å²) >= 11 is 1.85. The van der Waals surface area contributed by atoms with Gasteiger partial charge in [-0.1, -0.05) is 189 Å². The second-order valence-electron chi connectivity index (χ2n) is 16.3. The lowest BCUT2D eigenvalue weighted by Crippen LogP contribution is -2.43. The van der Waals surface area contributed by atoms with E-state index in [0.29, 0.717) is 23.0 Å². The van der Waals surface area contributed by atoms with Crippen LogP contribution in [0.2, 0.25) is 0 Å². The summed E-state index contributed by atoms with van der Waals surface area (Å²) in [5.41, 5.74) is 14.8. The molecule has 0 N–H and O–H groups in total. The first-order valence-electron chi connectivity index (χ1n) is 20.6. The monoisotopic (exact) mass is 798 g/mol. The number of hydrogen-bond donors (Lipinski definition) is 0. The molecule has 1 aliphatic heterocycles. The van der Waals surface area contributed by atoms with Gasteiger partial charge in [0.1, 0.15) is 0 Å². The zero-order valence-electron chi connectivity index (χ0n) is 33.7. The molecular weight excluding hydrogens is 761 g/mol. The first-order valence-corrected chi connectivity index (χ1v) is 21.4. The lowest BCUT2D eigenvalue weighted by molar-refractivity contribution is 0.549. The number of nitrogens with zero attached hydrogens (tertiary/aromatic N) is 4.